The van der Waals surface area contributed by atoms with Crippen LogP contribution in [-0.4, -0.2) is 22.5 Å². The topological polar surface area (TPSA) is 0 Å². The molecule has 0 aromatic heterocycles. The van der Waals surface area contributed by atoms with Gasteiger partial charge in [0.2, 0.25) is 0 Å². The smallest absolute Gasteiger partial charge is 0.0471 e. The summed E-state index contributed by atoms with van der Waals surface area (Å²) in [7, 11) is 0. The third-order valence-corrected chi connectivity index (χ3v) is 3.93. The normalized spacial score (nSPS) is 15.4. The second kappa shape index (κ2) is 10.7. The standard InChI is InChI=1S/C10H18Cl4/c11-7-9(13)5-3-1-2-4-6-10(14)8-12/h9-10H,1-8H2/t9-,10-/m1/s1. The monoisotopic (exact) mass is 278 g/mol. The maximum Gasteiger partial charge on any atom is 0.0471 e. The second-order valence-electron chi connectivity index (χ2n) is 3.49. The molecule has 0 unspecified atom stereocenters. The van der Waals surface area contributed by atoms with Crippen LogP contribution in [0.3, 0.4) is 0 Å². The Labute approximate surface area is 107 Å². The summed E-state index contributed by atoms with van der Waals surface area (Å²) in [6.07, 6.45) is 6.79. The van der Waals surface area contributed by atoms with Gasteiger partial charge in [-0.05, 0) is 12.8 Å². The van der Waals surface area contributed by atoms with Gasteiger partial charge in [-0.1, -0.05) is 25.7 Å². The average molecular weight is 280 g/mol. The van der Waals surface area contributed by atoms with Crippen molar-refractivity contribution in [3.63, 3.8) is 0 Å². The van der Waals surface area contributed by atoms with Crippen LogP contribution >= 0.6 is 46.4 Å². The molecule has 0 saturated carbocycles. The molecule has 0 aliphatic rings. The lowest BCUT2D eigenvalue weighted by Gasteiger charge is -2.06. The Bertz CT molecular complexity index is 105. The van der Waals surface area contributed by atoms with E-state index in [2.05, 4.69) is 0 Å². The number of rotatable bonds is 9. The van der Waals surface area contributed by atoms with Crippen LogP contribution < -0.4 is 0 Å². The highest BCUT2D eigenvalue weighted by atomic mass is 35.5. The molecule has 86 valence electrons. The zero-order valence-electron chi connectivity index (χ0n) is 8.32. The molecule has 0 rings (SSSR count). The maximum absolute atomic E-state index is 5.88. The molecular formula is C10H18Cl4. The van der Waals surface area contributed by atoms with Crippen LogP contribution in [0.1, 0.15) is 38.5 Å². The third kappa shape index (κ3) is 9.71. The number of hydrogen-bond acceptors (Lipinski definition) is 0. The Morgan fingerprint density at radius 1 is 0.643 bits per heavy atom. The van der Waals surface area contributed by atoms with Gasteiger partial charge in [0.15, 0.2) is 0 Å². The molecule has 0 nitrogen and oxygen atoms in total. The van der Waals surface area contributed by atoms with E-state index in [0.717, 1.165) is 25.7 Å². The van der Waals surface area contributed by atoms with Crippen molar-refractivity contribution in [1.29, 1.82) is 0 Å². The SMILES string of the molecule is ClC[C@H](Cl)CCCCCC[C@@H](Cl)CCl. The summed E-state index contributed by atoms with van der Waals surface area (Å²) >= 11 is 22.9. The molecule has 2 atom stereocenters. The Kier molecular flexibility index (Phi) is 11.6. The van der Waals surface area contributed by atoms with Crippen LogP contribution in [-0.2, 0) is 0 Å². The fourth-order valence-corrected chi connectivity index (χ4v) is 1.86. The van der Waals surface area contributed by atoms with Gasteiger partial charge in [0.05, 0.1) is 0 Å². The molecule has 0 aromatic carbocycles. The molecule has 0 radical (unpaired) electrons. The number of hydrogen-bond donors (Lipinski definition) is 0. The van der Waals surface area contributed by atoms with Gasteiger partial charge in [-0.15, -0.1) is 46.4 Å². The van der Waals surface area contributed by atoms with Crippen LogP contribution in [0.25, 0.3) is 0 Å². The second-order valence-corrected chi connectivity index (χ2v) is 5.35. The highest BCUT2D eigenvalue weighted by Gasteiger charge is 2.03. The maximum atomic E-state index is 5.88. The quantitative estimate of drug-likeness (QED) is 0.411. The molecule has 4 heteroatoms. The highest BCUT2D eigenvalue weighted by molar-refractivity contribution is 6.28. The molecule has 0 spiro atoms. The molecule has 0 aliphatic carbocycles. The number of halogens is 4. The van der Waals surface area contributed by atoms with E-state index in [9.17, 15) is 0 Å². The number of unbranched alkanes of at least 4 members (excludes halogenated alkanes) is 3. The summed E-state index contributed by atoms with van der Waals surface area (Å²) < 4.78 is 0. The lowest BCUT2D eigenvalue weighted by molar-refractivity contribution is 0.590. The van der Waals surface area contributed by atoms with Crippen molar-refractivity contribution in [2.24, 2.45) is 0 Å². The molecule has 0 N–H and O–H groups in total. The van der Waals surface area contributed by atoms with E-state index < -0.39 is 0 Å². The minimum Gasteiger partial charge on any atom is -0.125 e. The Morgan fingerprint density at radius 2 is 1.00 bits per heavy atom. The summed E-state index contributed by atoms with van der Waals surface area (Å²) in [5, 5.41) is 0.278. The molecule has 0 aromatic rings. The van der Waals surface area contributed by atoms with E-state index in [4.69, 9.17) is 46.4 Å². The summed E-state index contributed by atoms with van der Waals surface area (Å²) in [5.41, 5.74) is 0. The first kappa shape index (κ1) is 15.2. The minimum absolute atomic E-state index is 0.139. The van der Waals surface area contributed by atoms with E-state index in [0.29, 0.717) is 11.8 Å². The van der Waals surface area contributed by atoms with E-state index in [-0.39, 0.29) is 10.8 Å². The van der Waals surface area contributed by atoms with Crippen molar-refractivity contribution in [3.05, 3.63) is 0 Å². The largest absolute Gasteiger partial charge is 0.125 e. The Morgan fingerprint density at radius 3 is 1.29 bits per heavy atom. The van der Waals surface area contributed by atoms with Crippen LogP contribution in [0.2, 0.25) is 0 Å². The zero-order chi connectivity index (χ0) is 10.8. The van der Waals surface area contributed by atoms with Crippen molar-refractivity contribution in [2.75, 3.05) is 11.8 Å². The van der Waals surface area contributed by atoms with Crippen molar-refractivity contribution in [3.8, 4) is 0 Å². The van der Waals surface area contributed by atoms with Gasteiger partial charge in [0.1, 0.15) is 0 Å². The van der Waals surface area contributed by atoms with Crippen molar-refractivity contribution in [1.82, 2.24) is 0 Å². The summed E-state index contributed by atoms with van der Waals surface area (Å²) in [4.78, 5) is 0. The Hall–Kier alpha value is 1.16. The average Bonchev–Trinajstić information content (AvgIpc) is 2.22. The van der Waals surface area contributed by atoms with Gasteiger partial charge in [-0.25, -0.2) is 0 Å². The molecule has 0 fully saturated rings. The van der Waals surface area contributed by atoms with Crippen LogP contribution in [0.15, 0.2) is 0 Å². The molecule has 0 saturated heterocycles. The lowest BCUT2D eigenvalue weighted by atomic mass is 10.1. The van der Waals surface area contributed by atoms with E-state index in [1.807, 2.05) is 0 Å². The van der Waals surface area contributed by atoms with Gasteiger partial charge < -0.3 is 0 Å². The predicted octanol–water partition coefficient (Wildman–Crippen LogP) is 5.02. The first-order valence-electron chi connectivity index (χ1n) is 5.10. The molecule has 0 amide bonds. The summed E-state index contributed by atoms with van der Waals surface area (Å²) in [5.74, 6) is 1.11. The molecule has 0 heterocycles. The van der Waals surface area contributed by atoms with Crippen LogP contribution in [0.5, 0.6) is 0 Å². The first-order chi connectivity index (χ1) is 6.70. The molecule has 0 aliphatic heterocycles. The van der Waals surface area contributed by atoms with E-state index in [1.165, 1.54) is 12.8 Å². The minimum atomic E-state index is 0.139. The molecule has 0 bridgehead atoms. The summed E-state index contributed by atoms with van der Waals surface area (Å²) in [6.45, 7) is 0. The third-order valence-electron chi connectivity index (χ3n) is 2.12. The number of alkyl halides is 4. The van der Waals surface area contributed by atoms with Crippen molar-refractivity contribution < 1.29 is 0 Å². The fraction of sp³-hybridized carbons (Fsp3) is 1.00. The van der Waals surface area contributed by atoms with Gasteiger partial charge >= 0.3 is 0 Å². The van der Waals surface area contributed by atoms with Gasteiger partial charge in [0, 0.05) is 22.5 Å². The molecular weight excluding hydrogens is 262 g/mol. The van der Waals surface area contributed by atoms with Crippen molar-refractivity contribution >= 4 is 46.4 Å². The first-order valence-corrected chi connectivity index (χ1v) is 7.05. The van der Waals surface area contributed by atoms with Crippen LogP contribution in [0, 0.1) is 0 Å². The fourth-order valence-electron chi connectivity index (χ4n) is 1.24. The molecule has 14 heavy (non-hydrogen) atoms. The Balaban J connectivity index is 3.06. The van der Waals surface area contributed by atoms with Gasteiger partial charge in [-0.2, -0.15) is 0 Å². The van der Waals surface area contributed by atoms with Crippen molar-refractivity contribution in [2.45, 2.75) is 49.3 Å². The summed E-state index contributed by atoms with van der Waals surface area (Å²) in [6, 6.07) is 0. The predicted molar refractivity (Wildman–Crippen MR) is 68.4 cm³/mol. The zero-order valence-corrected chi connectivity index (χ0v) is 11.3. The van der Waals surface area contributed by atoms with E-state index in [1.54, 1.807) is 0 Å². The van der Waals surface area contributed by atoms with Crippen LogP contribution in [0.4, 0.5) is 0 Å². The lowest BCUT2D eigenvalue weighted by Crippen LogP contribution is -2.00. The van der Waals surface area contributed by atoms with E-state index >= 15 is 0 Å². The highest BCUT2D eigenvalue weighted by Crippen LogP contribution is 2.14. The van der Waals surface area contributed by atoms with Gasteiger partial charge in [0.25, 0.3) is 0 Å². The van der Waals surface area contributed by atoms with Gasteiger partial charge in [-0.3, -0.25) is 0 Å².